The Bertz CT molecular complexity index is 818. The van der Waals surface area contributed by atoms with Gasteiger partial charge in [-0.15, -0.1) is 0 Å². The molecule has 0 saturated carbocycles. The maximum absolute atomic E-state index is 12.6. The van der Waals surface area contributed by atoms with Crippen LogP contribution >= 0.6 is 23.4 Å². The number of aromatic nitrogens is 1. The van der Waals surface area contributed by atoms with Gasteiger partial charge < -0.3 is 14.8 Å². The van der Waals surface area contributed by atoms with Crippen LogP contribution in [-0.4, -0.2) is 30.9 Å². The van der Waals surface area contributed by atoms with Crippen molar-refractivity contribution in [3.63, 3.8) is 0 Å². The fourth-order valence-corrected chi connectivity index (χ4v) is 3.09. The topological polar surface area (TPSA) is 60.5 Å². The van der Waals surface area contributed by atoms with Gasteiger partial charge >= 0.3 is 6.18 Å². The van der Waals surface area contributed by atoms with E-state index in [-0.39, 0.29) is 28.3 Å². The maximum atomic E-state index is 12.6. The average Bonchev–Trinajstić information content (AvgIpc) is 2.64. The number of pyridine rings is 1. The second-order valence-corrected chi connectivity index (χ2v) is 6.63. The van der Waals surface area contributed by atoms with Crippen LogP contribution < -0.4 is 14.8 Å². The van der Waals surface area contributed by atoms with Gasteiger partial charge in [-0.05, 0) is 23.8 Å². The molecule has 0 radical (unpaired) electrons. The molecule has 10 heteroatoms. The fourth-order valence-electron chi connectivity index (χ4n) is 2.06. The van der Waals surface area contributed by atoms with E-state index in [4.69, 9.17) is 21.1 Å². The monoisotopic (exact) mass is 420 g/mol. The molecule has 27 heavy (non-hydrogen) atoms. The van der Waals surface area contributed by atoms with Gasteiger partial charge in [0, 0.05) is 12.7 Å². The van der Waals surface area contributed by atoms with Crippen molar-refractivity contribution < 1.29 is 27.4 Å². The van der Waals surface area contributed by atoms with Gasteiger partial charge in [-0.25, -0.2) is 4.98 Å². The molecule has 1 amide bonds. The molecule has 0 spiro atoms. The minimum atomic E-state index is -4.52. The first kappa shape index (κ1) is 21.2. The van der Waals surface area contributed by atoms with Crippen LogP contribution in [0.4, 0.5) is 13.2 Å². The summed E-state index contributed by atoms with van der Waals surface area (Å²) in [5.74, 6) is 0.767. The number of carbonyl (C=O) groups is 1. The number of methoxy groups -OCH3 is 2. The first-order valence-electron chi connectivity index (χ1n) is 7.57. The van der Waals surface area contributed by atoms with Gasteiger partial charge in [-0.1, -0.05) is 29.4 Å². The molecule has 2 rings (SSSR count). The van der Waals surface area contributed by atoms with Crippen LogP contribution in [0.1, 0.15) is 11.1 Å². The summed E-state index contributed by atoms with van der Waals surface area (Å²) in [6.45, 7) is 0.258. The Morgan fingerprint density at radius 3 is 2.52 bits per heavy atom. The zero-order valence-electron chi connectivity index (χ0n) is 14.4. The maximum Gasteiger partial charge on any atom is 0.417 e. The minimum Gasteiger partial charge on any atom is -0.493 e. The molecule has 0 bridgehead atoms. The van der Waals surface area contributed by atoms with E-state index in [1.807, 2.05) is 0 Å². The summed E-state index contributed by atoms with van der Waals surface area (Å²) < 4.78 is 48.1. The van der Waals surface area contributed by atoms with E-state index < -0.39 is 11.7 Å². The quantitative estimate of drug-likeness (QED) is 0.681. The summed E-state index contributed by atoms with van der Waals surface area (Å²) in [6, 6.07) is 6.03. The lowest BCUT2D eigenvalue weighted by Crippen LogP contribution is -2.24. The molecule has 2 aromatic rings. The van der Waals surface area contributed by atoms with E-state index in [0.29, 0.717) is 17.7 Å². The number of carbonyl (C=O) groups excluding carboxylic acids is 1. The normalized spacial score (nSPS) is 11.2. The van der Waals surface area contributed by atoms with Gasteiger partial charge in [-0.2, -0.15) is 13.2 Å². The molecule has 1 aromatic carbocycles. The summed E-state index contributed by atoms with van der Waals surface area (Å²) in [6.07, 6.45) is -3.83. The van der Waals surface area contributed by atoms with Crippen molar-refractivity contribution in [2.24, 2.45) is 0 Å². The van der Waals surface area contributed by atoms with E-state index in [2.05, 4.69) is 10.3 Å². The third-order valence-corrected chi connectivity index (χ3v) is 4.82. The van der Waals surface area contributed by atoms with E-state index >= 15 is 0 Å². The second-order valence-electron chi connectivity index (χ2n) is 5.26. The summed E-state index contributed by atoms with van der Waals surface area (Å²) in [5, 5.41) is 2.71. The van der Waals surface area contributed by atoms with E-state index in [1.165, 1.54) is 14.2 Å². The number of alkyl halides is 3. The molecule has 5 nitrogen and oxygen atoms in total. The number of benzene rings is 1. The summed E-state index contributed by atoms with van der Waals surface area (Å²) in [5.41, 5.74) is -0.133. The number of thioether (sulfide) groups is 1. The number of nitrogens with one attached hydrogen (secondary N) is 1. The smallest absolute Gasteiger partial charge is 0.417 e. The summed E-state index contributed by atoms with van der Waals surface area (Å²) in [7, 11) is 3.04. The van der Waals surface area contributed by atoms with Crippen molar-refractivity contribution in [2.75, 3.05) is 20.0 Å². The Balaban J connectivity index is 1.90. The molecule has 0 aliphatic carbocycles. The standard InChI is InChI=1S/C17H16ClF3N2O3S/c1-25-13-4-3-10(5-14(13)26-2)7-22-15(24)9-27-16-12(18)6-11(8-23-16)17(19,20)21/h3-6,8H,7,9H2,1-2H3,(H,22,24). The molecule has 1 aromatic heterocycles. The SMILES string of the molecule is COc1ccc(CNC(=O)CSc2ncc(C(F)(F)F)cc2Cl)cc1OC. The van der Waals surface area contributed by atoms with E-state index in [0.717, 1.165) is 23.4 Å². The highest BCUT2D eigenvalue weighted by molar-refractivity contribution is 8.00. The second kappa shape index (κ2) is 9.18. The third-order valence-electron chi connectivity index (χ3n) is 3.41. The number of amides is 1. The molecule has 146 valence electrons. The number of halogens is 4. The lowest BCUT2D eigenvalue weighted by Gasteiger charge is -2.11. The van der Waals surface area contributed by atoms with Gasteiger partial charge in [0.2, 0.25) is 5.91 Å². The van der Waals surface area contributed by atoms with E-state index in [1.54, 1.807) is 18.2 Å². The van der Waals surface area contributed by atoms with Crippen LogP contribution in [0.15, 0.2) is 35.5 Å². The fraction of sp³-hybridized carbons (Fsp3) is 0.294. The van der Waals surface area contributed by atoms with Crippen LogP contribution in [0.5, 0.6) is 11.5 Å². The predicted molar refractivity (Wildman–Crippen MR) is 96.4 cm³/mol. The Kier molecular flexibility index (Phi) is 7.20. The largest absolute Gasteiger partial charge is 0.493 e. The highest BCUT2D eigenvalue weighted by Crippen LogP contribution is 2.33. The zero-order valence-corrected chi connectivity index (χ0v) is 16.0. The van der Waals surface area contributed by atoms with Crippen LogP contribution in [0.2, 0.25) is 5.02 Å². The molecule has 0 atom stereocenters. The van der Waals surface area contributed by atoms with Crippen molar-refractivity contribution in [1.29, 1.82) is 0 Å². The van der Waals surface area contributed by atoms with Gasteiger partial charge in [0.1, 0.15) is 5.03 Å². The van der Waals surface area contributed by atoms with Crippen molar-refractivity contribution >= 4 is 29.3 Å². The third kappa shape index (κ3) is 5.93. The van der Waals surface area contributed by atoms with Crippen LogP contribution in [0, 0.1) is 0 Å². The summed E-state index contributed by atoms with van der Waals surface area (Å²) >= 11 is 6.77. The van der Waals surface area contributed by atoms with Crippen molar-refractivity contribution in [3.05, 3.63) is 46.6 Å². The van der Waals surface area contributed by atoms with Crippen LogP contribution in [0.25, 0.3) is 0 Å². The predicted octanol–water partition coefficient (Wildman–Crippen LogP) is 4.18. The Hall–Kier alpha value is -2.13. The molecule has 0 fully saturated rings. The molecule has 1 N–H and O–H groups in total. The van der Waals surface area contributed by atoms with Crippen molar-refractivity contribution in [3.8, 4) is 11.5 Å². The van der Waals surface area contributed by atoms with Crippen LogP contribution in [0.3, 0.4) is 0 Å². The van der Waals surface area contributed by atoms with Gasteiger partial charge in [0.15, 0.2) is 11.5 Å². The molecule has 0 unspecified atom stereocenters. The van der Waals surface area contributed by atoms with Crippen molar-refractivity contribution in [1.82, 2.24) is 10.3 Å². The molecule has 0 saturated heterocycles. The van der Waals surface area contributed by atoms with Crippen LogP contribution in [-0.2, 0) is 17.5 Å². The highest BCUT2D eigenvalue weighted by Gasteiger charge is 2.31. The lowest BCUT2D eigenvalue weighted by atomic mass is 10.2. The molecular formula is C17H16ClF3N2O3S. The zero-order chi connectivity index (χ0) is 20.0. The number of ether oxygens (including phenoxy) is 2. The lowest BCUT2D eigenvalue weighted by molar-refractivity contribution is -0.137. The first-order chi connectivity index (χ1) is 12.7. The Morgan fingerprint density at radius 2 is 1.93 bits per heavy atom. The van der Waals surface area contributed by atoms with Gasteiger partial charge in [-0.3, -0.25) is 4.79 Å². The number of nitrogens with zero attached hydrogens (tertiary/aromatic N) is 1. The van der Waals surface area contributed by atoms with Gasteiger partial charge in [0.05, 0.1) is 30.6 Å². The Labute approximate surface area is 163 Å². The number of rotatable bonds is 7. The molecular weight excluding hydrogens is 405 g/mol. The first-order valence-corrected chi connectivity index (χ1v) is 8.94. The number of hydrogen-bond acceptors (Lipinski definition) is 5. The van der Waals surface area contributed by atoms with E-state index in [9.17, 15) is 18.0 Å². The highest BCUT2D eigenvalue weighted by atomic mass is 35.5. The molecule has 0 aliphatic rings. The van der Waals surface area contributed by atoms with Gasteiger partial charge in [0.25, 0.3) is 0 Å². The Morgan fingerprint density at radius 1 is 1.22 bits per heavy atom. The average molecular weight is 421 g/mol. The minimum absolute atomic E-state index is 0.0363. The number of hydrogen-bond donors (Lipinski definition) is 1. The van der Waals surface area contributed by atoms with Crippen molar-refractivity contribution in [2.45, 2.75) is 17.7 Å². The summed E-state index contributed by atoms with van der Waals surface area (Å²) in [4.78, 5) is 15.6. The molecule has 0 aliphatic heterocycles. The molecule has 1 heterocycles.